The molecule has 0 aliphatic carbocycles. The molecular formula is C17H13FN2O3S. The first-order valence-electron chi connectivity index (χ1n) is 7.20. The first kappa shape index (κ1) is 16.2. The Morgan fingerprint density at radius 2 is 2.17 bits per heavy atom. The van der Waals surface area contributed by atoms with Crippen LogP contribution < -0.4 is 5.43 Å². The molecule has 24 heavy (non-hydrogen) atoms. The second kappa shape index (κ2) is 6.45. The van der Waals surface area contributed by atoms with Crippen LogP contribution in [0.5, 0.6) is 0 Å². The van der Waals surface area contributed by atoms with Gasteiger partial charge in [-0.25, -0.2) is 14.2 Å². The van der Waals surface area contributed by atoms with Gasteiger partial charge in [-0.05, 0) is 31.2 Å². The number of aryl methyl sites for hydroxylation is 1. The lowest BCUT2D eigenvalue weighted by Crippen LogP contribution is -2.19. The minimum absolute atomic E-state index is 0.0552. The zero-order valence-corrected chi connectivity index (χ0v) is 13.5. The highest BCUT2D eigenvalue weighted by Gasteiger charge is 2.17. The number of pyridine rings is 2. The number of carboxylic acid groups (broad SMARTS) is 1. The fourth-order valence-electron chi connectivity index (χ4n) is 2.40. The third-order valence-electron chi connectivity index (χ3n) is 3.56. The molecule has 0 saturated heterocycles. The average molecular weight is 344 g/mol. The molecule has 1 aromatic carbocycles. The molecular weight excluding hydrogens is 331 g/mol. The van der Waals surface area contributed by atoms with Crippen molar-refractivity contribution in [2.24, 2.45) is 0 Å². The Labute approximate surface area is 140 Å². The molecule has 0 spiro atoms. The van der Waals surface area contributed by atoms with E-state index < -0.39 is 17.2 Å². The third-order valence-corrected chi connectivity index (χ3v) is 4.54. The smallest absolute Gasteiger partial charge is 0.341 e. The van der Waals surface area contributed by atoms with Gasteiger partial charge in [0.25, 0.3) is 0 Å². The van der Waals surface area contributed by atoms with Crippen LogP contribution in [0, 0.1) is 5.82 Å². The number of hydrogen-bond donors (Lipinski definition) is 1. The van der Waals surface area contributed by atoms with Crippen LogP contribution in [-0.2, 0) is 6.54 Å². The van der Waals surface area contributed by atoms with E-state index in [4.69, 9.17) is 5.11 Å². The summed E-state index contributed by atoms with van der Waals surface area (Å²) in [5.74, 6) is -1.91. The predicted molar refractivity (Wildman–Crippen MR) is 89.2 cm³/mol. The summed E-state index contributed by atoms with van der Waals surface area (Å²) in [6.07, 6.45) is 2.91. The van der Waals surface area contributed by atoms with Gasteiger partial charge in [-0.15, -0.1) is 0 Å². The van der Waals surface area contributed by atoms with Gasteiger partial charge in [0.05, 0.1) is 10.4 Å². The van der Waals surface area contributed by atoms with Gasteiger partial charge in [-0.3, -0.25) is 4.79 Å². The van der Waals surface area contributed by atoms with Crippen molar-refractivity contribution >= 4 is 28.6 Å². The maximum Gasteiger partial charge on any atom is 0.341 e. The average Bonchev–Trinajstić information content (AvgIpc) is 2.57. The zero-order valence-electron chi connectivity index (χ0n) is 12.7. The number of benzene rings is 1. The molecule has 3 aromatic rings. The molecule has 0 atom stereocenters. The van der Waals surface area contributed by atoms with Crippen molar-refractivity contribution in [2.45, 2.75) is 23.4 Å². The largest absolute Gasteiger partial charge is 0.477 e. The van der Waals surface area contributed by atoms with Gasteiger partial charge in [-0.1, -0.05) is 17.8 Å². The Kier molecular flexibility index (Phi) is 4.35. The minimum atomic E-state index is -1.32. The van der Waals surface area contributed by atoms with Crippen molar-refractivity contribution in [3.8, 4) is 0 Å². The van der Waals surface area contributed by atoms with Crippen molar-refractivity contribution in [1.82, 2.24) is 9.55 Å². The van der Waals surface area contributed by atoms with E-state index in [1.165, 1.54) is 6.20 Å². The topological polar surface area (TPSA) is 72.2 Å². The standard InChI is InChI=1S/C17H13FN2O3S/c1-2-20-9-11(17(22)23)16(21)10-7-12(18)14(8-13(10)20)24-15-5-3-4-6-19-15/h3-9H,2H2,1H3,(H,22,23). The monoisotopic (exact) mass is 344 g/mol. The fourth-order valence-corrected chi connectivity index (χ4v) is 3.22. The summed E-state index contributed by atoms with van der Waals surface area (Å²) in [4.78, 5) is 28.0. The van der Waals surface area contributed by atoms with Crippen LogP contribution in [0.4, 0.5) is 4.39 Å². The highest BCUT2D eigenvalue weighted by atomic mass is 32.2. The molecule has 7 heteroatoms. The van der Waals surface area contributed by atoms with E-state index in [2.05, 4.69) is 4.98 Å². The summed E-state index contributed by atoms with van der Waals surface area (Å²) < 4.78 is 16.0. The molecule has 122 valence electrons. The summed E-state index contributed by atoms with van der Waals surface area (Å²) >= 11 is 1.15. The van der Waals surface area contributed by atoms with Crippen molar-refractivity contribution in [3.63, 3.8) is 0 Å². The van der Waals surface area contributed by atoms with Crippen LogP contribution in [-0.4, -0.2) is 20.6 Å². The second-order valence-electron chi connectivity index (χ2n) is 5.03. The van der Waals surface area contributed by atoms with Crippen molar-refractivity contribution < 1.29 is 14.3 Å². The lowest BCUT2D eigenvalue weighted by Gasteiger charge is -2.12. The summed E-state index contributed by atoms with van der Waals surface area (Å²) in [6.45, 7) is 2.28. The number of nitrogens with zero attached hydrogens (tertiary/aromatic N) is 2. The second-order valence-corrected chi connectivity index (χ2v) is 6.10. The van der Waals surface area contributed by atoms with Gasteiger partial charge >= 0.3 is 5.97 Å². The molecule has 0 bridgehead atoms. The lowest BCUT2D eigenvalue weighted by atomic mass is 10.1. The first-order chi connectivity index (χ1) is 11.5. The van der Waals surface area contributed by atoms with E-state index in [0.717, 1.165) is 17.8 Å². The number of aromatic nitrogens is 2. The van der Waals surface area contributed by atoms with Gasteiger partial charge in [-0.2, -0.15) is 0 Å². The summed E-state index contributed by atoms with van der Waals surface area (Å²) in [5, 5.41) is 9.83. The maximum atomic E-state index is 14.4. The van der Waals surface area contributed by atoms with E-state index in [0.29, 0.717) is 22.0 Å². The Hall–Kier alpha value is -2.67. The molecule has 0 radical (unpaired) electrons. The van der Waals surface area contributed by atoms with Crippen LogP contribution in [0.15, 0.2) is 57.4 Å². The summed E-state index contributed by atoms with van der Waals surface area (Å²) in [6, 6.07) is 7.98. The molecule has 1 N–H and O–H groups in total. The lowest BCUT2D eigenvalue weighted by molar-refractivity contribution is 0.0695. The van der Waals surface area contributed by atoms with Gasteiger partial charge in [0.15, 0.2) is 0 Å². The number of fused-ring (bicyclic) bond motifs is 1. The van der Waals surface area contributed by atoms with Gasteiger partial charge < -0.3 is 9.67 Å². The molecule has 2 aromatic heterocycles. The predicted octanol–water partition coefficient (Wildman–Crippen LogP) is 3.40. The number of carbonyl (C=O) groups is 1. The Morgan fingerprint density at radius 3 is 2.79 bits per heavy atom. The zero-order chi connectivity index (χ0) is 17.3. The van der Waals surface area contributed by atoms with Crippen LogP contribution in [0.1, 0.15) is 17.3 Å². The Bertz CT molecular complexity index is 987. The van der Waals surface area contributed by atoms with E-state index in [9.17, 15) is 14.0 Å². The Balaban J connectivity index is 2.22. The number of halogens is 1. The molecule has 3 rings (SSSR count). The molecule has 5 nitrogen and oxygen atoms in total. The SMILES string of the molecule is CCn1cc(C(=O)O)c(=O)c2cc(F)c(Sc3ccccn3)cc21. The normalized spacial score (nSPS) is 10.9. The van der Waals surface area contributed by atoms with Crippen LogP contribution in [0.25, 0.3) is 10.9 Å². The summed E-state index contributed by atoms with van der Waals surface area (Å²) in [5.41, 5.74) is -0.559. The number of rotatable bonds is 4. The fraction of sp³-hybridized carbons (Fsp3) is 0.118. The van der Waals surface area contributed by atoms with Crippen LogP contribution in [0.3, 0.4) is 0 Å². The molecule has 0 unspecified atom stereocenters. The molecule has 0 fully saturated rings. The third kappa shape index (κ3) is 2.90. The van der Waals surface area contributed by atoms with E-state index >= 15 is 0 Å². The number of hydrogen-bond acceptors (Lipinski definition) is 4. The van der Waals surface area contributed by atoms with Gasteiger partial charge in [0.1, 0.15) is 16.4 Å². The minimum Gasteiger partial charge on any atom is -0.477 e. The molecule has 0 amide bonds. The van der Waals surface area contributed by atoms with E-state index in [1.54, 1.807) is 35.0 Å². The van der Waals surface area contributed by atoms with Crippen molar-refractivity contribution in [3.05, 3.63) is 64.3 Å². The number of aromatic carboxylic acids is 1. The van der Waals surface area contributed by atoms with E-state index in [-0.39, 0.29) is 10.9 Å². The quantitative estimate of drug-likeness (QED) is 0.785. The van der Waals surface area contributed by atoms with Gasteiger partial charge in [0, 0.05) is 24.3 Å². The Morgan fingerprint density at radius 1 is 1.38 bits per heavy atom. The van der Waals surface area contributed by atoms with Crippen molar-refractivity contribution in [2.75, 3.05) is 0 Å². The van der Waals surface area contributed by atoms with Crippen molar-refractivity contribution in [1.29, 1.82) is 0 Å². The molecule has 0 aliphatic heterocycles. The van der Waals surface area contributed by atoms with Crippen LogP contribution >= 0.6 is 11.8 Å². The summed E-state index contributed by atoms with van der Waals surface area (Å²) in [7, 11) is 0. The number of carboxylic acids is 1. The molecule has 2 heterocycles. The van der Waals surface area contributed by atoms with Crippen LogP contribution in [0.2, 0.25) is 0 Å². The first-order valence-corrected chi connectivity index (χ1v) is 8.01. The molecule has 0 saturated carbocycles. The maximum absolute atomic E-state index is 14.4. The van der Waals surface area contributed by atoms with Gasteiger partial charge in [0.2, 0.25) is 5.43 Å². The van der Waals surface area contributed by atoms with E-state index in [1.807, 2.05) is 6.92 Å². The highest BCUT2D eigenvalue weighted by molar-refractivity contribution is 7.99. The molecule has 0 aliphatic rings. The highest BCUT2D eigenvalue weighted by Crippen LogP contribution is 2.31.